The molecule has 1 heterocycles. The van der Waals surface area contributed by atoms with E-state index in [1.807, 2.05) is 36.5 Å². The Kier molecular flexibility index (Phi) is 6.03. The highest BCUT2D eigenvalue weighted by Crippen LogP contribution is 2.11. The van der Waals surface area contributed by atoms with Gasteiger partial charge in [-0.1, -0.05) is 30.3 Å². The monoisotopic (exact) mass is 396 g/mol. The average molecular weight is 396 g/mol. The van der Waals surface area contributed by atoms with Gasteiger partial charge in [-0.25, -0.2) is 17.8 Å². The van der Waals surface area contributed by atoms with E-state index in [1.54, 1.807) is 29.1 Å². The molecule has 1 aromatic heterocycles. The van der Waals surface area contributed by atoms with E-state index < -0.39 is 10.0 Å². The van der Waals surface area contributed by atoms with Crippen molar-refractivity contribution >= 4 is 22.0 Å². The molecule has 8 heteroatoms. The topological polar surface area (TPSA) is 93.1 Å². The molecule has 0 aliphatic carbocycles. The fourth-order valence-electron chi connectivity index (χ4n) is 2.47. The Morgan fingerprint density at radius 2 is 1.82 bits per heavy atom. The molecule has 0 atom stereocenters. The second-order valence-corrected chi connectivity index (χ2v) is 7.84. The third-order valence-corrected chi connectivity index (χ3v) is 5.44. The van der Waals surface area contributed by atoms with Crippen LogP contribution in [0.2, 0.25) is 0 Å². The molecular formula is C20H20N4O3S. The summed E-state index contributed by atoms with van der Waals surface area (Å²) in [5.41, 5.74) is 2.55. The van der Waals surface area contributed by atoms with Crippen molar-refractivity contribution in [2.24, 2.45) is 0 Å². The number of hydrogen-bond acceptors (Lipinski definition) is 4. The molecule has 144 valence electrons. The van der Waals surface area contributed by atoms with Crippen molar-refractivity contribution in [3.8, 4) is 5.69 Å². The third-order valence-electron chi connectivity index (χ3n) is 4.01. The van der Waals surface area contributed by atoms with Crippen LogP contribution in [-0.2, 0) is 21.4 Å². The van der Waals surface area contributed by atoms with E-state index in [9.17, 15) is 13.2 Å². The molecule has 3 rings (SSSR count). The first-order valence-corrected chi connectivity index (χ1v) is 10.0. The van der Waals surface area contributed by atoms with Crippen molar-refractivity contribution < 1.29 is 13.2 Å². The number of rotatable bonds is 7. The van der Waals surface area contributed by atoms with Crippen LogP contribution in [0, 0.1) is 0 Å². The molecule has 2 N–H and O–H groups in total. The highest BCUT2D eigenvalue weighted by atomic mass is 32.2. The van der Waals surface area contributed by atoms with Crippen molar-refractivity contribution in [2.75, 3.05) is 7.05 Å². The molecular weight excluding hydrogens is 376 g/mol. The molecule has 0 spiro atoms. The zero-order valence-electron chi connectivity index (χ0n) is 15.2. The number of carbonyl (C=O) groups excluding carboxylic acids is 1. The number of para-hydroxylation sites is 1. The summed E-state index contributed by atoms with van der Waals surface area (Å²) in [6, 6.07) is 16.0. The number of nitrogens with zero attached hydrogens (tertiary/aromatic N) is 2. The zero-order valence-corrected chi connectivity index (χ0v) is 16.1. The van der Waals surface area contributed by atoms with Crippen LogP contribution in [0.3, 0.4) is 0 Å². The number of hydrogen-bond donors (Lipinski definition) is 2. The van der Waals surface area contributed by atoms with Gasteiger partial charge in [-0.3, -0.25) is 4.79 Å². The van der Waals surface area contributed by atoms with Crippen molar-refractivity contribution in [3.05, 3.63) is 84.2 Å². The second kappa shape index (κ2) is 8.64. The predicted molar refractivity (Wildman–Crippen MR) is 107 cm³/mol. The molecule has 0 aliphatic rings. The summed E-state index contributed by atoms with van der Waals surface area (Å²) in [7, 11) is -2.11. The van der Waals surface area contributed by atoms with E-state index in [0.717, 1.165) is 16.8 Å². The maximum absolute atomic E-state index is 12.0. The molecule has 0 saturated carbocycles. The SMILES string of the molecule is CNS(=O)(=O)c1ccc(/C=C/C(=O)NCc2cnn(-c3ccccc3)c2)cc1. The summed E-state index contributed by atoms with van der Waals surface area (Å²) in [5, 5.41) is 7.08. The van der Waals surface area contributed by atoms with Crippen LogP contribution in [0.15, 0.2) is 78.0 Å². The maximum Gasteiger partial charge on any atom is 0.244 e. The van der Waals surface area contributed by atoms with E-state index in [4.69, 9.17) is 0 Å². The van der Waals surface area contributed by atoms with E-state index in [-0.39, 0.29) is 10.8 Å². The minimum atomic E-state index is -3.46. The number of sulfonamides is 1. The fraction of sp³-hybridized carbons (Fsp3) is 0.100. The highest BCUT2D eigenvalue weighted by Gasteiger charge is 2.09. The quantitative estimate of drug-likeness (QED) is 0.598. The van der Waals surface area contributed by atoms with E-state index in [1.165, 1.54) is 25.3 Å². The Bertz CT molecular complexity index is 1070. The molecule has 0 aliphatic heterocycles. The summed E-state index contributed by atoms with van der Waals surface area (Å²) in [5.74, 6) is -0.251. The number of nitrogens with one attached hydrogen (secondary N) is 2. The standard InChI is InChI=1S/C20H20N4O3S/c1-21-28(26,27)19-10-7-16(8-11-19)9-12-20(25)22-13-17-14-23-24(15-17)18-5-3-2-4-6-18/h2-12,14-15,21H,13H2,1H3,(H,22,25)/b12-9+. The van der Waals surface area contributed by atoms with Gasteiger partial charge in [0, 0.05) is 24.4 Å². The van der Waals surface area contributed by atoms with Crippen LogP contribution in [0.25, 0.3) is 11.8 Å². The second-order valence-electron chi connectivity index (χ2n) is 5.96. The van der Waals surface area contributed by atoms with Crippen LogP contribution in [0.5, 0.6) is 0 Å². The fourth-order valence-corrected chi connectivity index (χ4v) is 3.20. The lowest BCUT2D eigenvalue weighted by Crippen LogP contribution is -2.19. The first-order chi connectivity index (χ1) is 13.5. The summed E-state index contributed by atoms with van der Waals surface area (Å²) < 4.78 is 27.4. The summed E-state index contributed by atoms with van der Waals surface area (Å²) in [6.45, 7) is 0.357. The largest absolute Gasteiger partial charge is 0.348 e. The Morgan fingerprint density at radius 3 is 2.50 bits per heavy atom. The lowest BCUT2D eigenvalue weighted by molar-refractivity contribution is -0.116. The van der Waals surface area contributed by atoms with Crippen molar-refractivity contribution in [2.45, 2.75) is 11.4 Å². The number of aromatic nitrogens is 2. The predicted octanol–water partition coefficient (Wildman–Crippen LogP) is 2.11. The number of benzene rings is 2. The van der Waals surface area contributed by atoms with Crippen LogP contribution in [0.4, 0.5) is 0 Å². The first-order valence-electron chi connectivity index (χ1n) is 8.56. The Morgan fingerprint density at radius 1 is 1.11 bits per heavy atom. The third kappa shape index (κ3) is 4.93. The smallest absolute Gasteiger partial charge is 0.244 e. The summed E-state index contributed by atoms with van der Waals surface area (Å²) in [4.78, 5) is 12.2. The van der Waals surface area contributed by atoms with Gasteiger partial charge in [-0.05, 0) is 43.0 Å². The van der Waals surface area contributed by atoms with Crippen molar-refractivity contribution in [3.63, 3.8) is 0 Å². The van der Waals surface area contributed by atoms with Gasteiger partial charge in [0.15, 0.2) is 0 Å². The van der Waals surface area contributed by atoms with Crippen molar-refractivity contribution in [1.29, 1.82) is 0 Å². The van der Waals surface area contributed by atoms with E-state index in [2.05, 4.69) is 15.1 Å². The molecule has 0 saturated heterocycles. The summed E-state index contributed by atoms with van der Waals surface area (Å²) in [6.07, 6.45) is 6.60. The van der Waals surface area contributed by atoms with E-state index >= 15 is 0 Å². The van der Waals surface area contributed by atoms with Crippen LogP contribution in [0.1, 0.15) is 11.1 Å². The van der Waals surface area contributed by atoms with Gasteiger partial charge in [0.05, 0.1) is 16.8 Å². The van der Waals surface area contributed by atoms with Gasteiger partial charge >= 0.3 is 0 Å². The molecule has 0 bridgehead atoms. The molecule has 0 unspecified atom stereocenters. The van der Waals surface area contributed by atoms with Crippen LogP contribution >= 0.6 is 0 Å². The summed E-state index contributed by atoms with van der Waals surface area (Å²) >= 11 is 0. The Balaban J connectivity index is 1.55. The zero-order chi connectivity index (χ0) is 20.0. The van der Waals surface area contributed by atoms with Gasteiger partial charge < -0.3 is 5.32 Å². The van der Waals surface area contributed by atoms with E-state index in [0.29, 0.717) is 6.54 Å². The lowest BCUT2D eigenvalue weighted by atomic mass is 10.2. The average Bonchev–Trinajstić information content (AvgIpc) is 3.21. The first kappa shape index (κ1) is 19.5. The molecule has 2 aromatic carbocycles. The number of carbonyl (C=O) groups is 1. The van der Waals surface area contributed by atoms with Gasteiger partial charge in [-0.2, -0.15) is 5.10 Å². The maximum atomic E-state index is 12.0. The molecule has 7 nitrogen and oxygen atoms in total. The Hall–Kier alpha value is -3.23. The van der Waals surface area contributed by atoms with Crippen LogP contribution < -0.4 is 10.0 Å². The highest BCUT2D eigenvalue weighted by molar-refractivity contribution is 7.89. The lowest BCUT2D eigenvalue weighted by Gasteiger charge is -2.02. The number of amides is 1. The molecule has 0 fully saturated rings. The van der Waals surface area contributed by atoms with Crippen molar-refractivity contribution in [1.82, 2.24) is 19.8 Å². The molecule has 1 amide bonds. The molecule has 3 aromatic rings. The van der Waals surface area contributed by atoms with Gasteiger partial charge in [0.25, 0.3) is 0 Å². The van der Waals surface area contributed by atoms with Gasteiger partial charge in [-0.15, -0.1) is 0 Å². The minimum Gasteiger partial charge on any atom is -0.348 e. The molecule has 28 heavy (non-hydrogen) atoms. The van der Waals surface area contributed by atoms with Crippen LogP contribution in [-0.4, -0.2) is 31.2 Å². The Labute approximate surface area is 163 Å². The molecule has 0 radical (unpaired) electrons. The normalized spacial score (nSPS) is 11.6. The minimum absolute atomic E-state index is 0.173. The van der Waals surface area contributed by atoms with Gasteiger partial charge in [0.2, 0.25) is 15.9 Å². The van der Waals surface area contributed by atoms with Gasteiger partial charge in [0.1, 0.15) is 0 Å².